The number of nitrogens with zero attached hydrogens (tertiary/aromatic N) is 1. The lowest BCUT2D eigenvalue weighted by Crippen LogP contribution is -2.27. The van der Waals surface area contributed by atoms with Gasteiger partial charge in [0.05, 0.1) is 0 Å². The van der Waals surface area contributed by atoms with Gasteiger partial charge in [0.2, 0.25) is 10.0 Å². The summed E-state index contributed by atoms with van der Waals surface area (Å²) in [5.41, 5.74) is 3.20. The highest BCUT2D eigenvalue weighted by Crippen LogP contribution is 2.20. The summed E-state index contributed by atoms with van der Waals surface area (Å²) in [4.78, 5) is 15.1. The van der Waals surface area contributed by atoms with E-state index in [1.165, 1.54) is 6.92 Å². The molecule has 2 heterocycles. The molecular weight excluding hydrogens is 342 g/mol. The third-order valence-corrected chi connectivity index (χ3v) is 5.87. The van der Waals surface area contributed by atoms with Crippen LogP contribution in [0.2, 0.25) is 0 Å². The van der Waals surface area contributed by atoms with E-state index in [9.17, 15) is 13.2 Å². The van der Waals surface area contributed by atoms with Crippen LogP contribution in [0.25, 0.3) is 10.9 Å². The summed E-state index contributed by atoms with van der Waals surface area (Å²) >= 11 is 0. The predicted molar refractivity (Wildman–Crippen MR) is 94.0 cm³/mol. The Morgan fingerprint density at radius 1 is 1.12 bits per heavy atom. The molecule has 2 aromatic heterocycles. The summed E-state index contributed by atoms with van der Waals surface area (Å²) in [6.45, 7) is 6.92. The number of nitrogens with one attached hydrogen (secondary N) is 2. The van der Waals surface area contributed by atoms with Crippen molar-refractivity contribution in [2.24, 2.45) is 0 Å². The molecule has 3 aromatic rings. The quantitative estimate of drug-likeness (QED) is 0.741. The van der Waals surface area contributed by atoms with Crippen molar-refractivity contribution in [3.63, 3.8) is 0 Å². The highest BCUT2D eigenvalue weighted by molar-refractivity contribution is 7.89. The Morgan fingerprint density at radius 3 is 2.44 bits per heavy atom. The normalized spacial score (nSPS) is 12.0. The van der Waals surface area contributed by atoms with Gasteiger partial charge in [0.25, 0.3) is 5.56 Å². The maximum atomic E-state index is 12.5. The number of fused-ring (bicyclic) bond motifs is 1. The van der Waals surface area contributed by atoms with Crippen LogP contribution in [0.5, 0.6) is 0 Å². The van der Waals surface area contributed by atoms with Gasteiger partial charge in [-0.25, -0.2) is 13.1 Å². The maximum Gasteiger partial charge on any atom is 0.252 e. The first-order valence-corrected chi connectivity index (χ1v) is 9.23. The fraction of sp³-hybridized carbons (Fsp3) is 0.294. The molecule has 0 spiro atoms. The average Bonchev–Trinajstić information content (AvgIpc) is 2.87. The largest absolute Gasteiger partial charge is 0.360 e. The van der Waals surface area contributed by atoms with Crippen molar-refractivity contribution < 1.29 is 12.9 Å². The lowest BCUT2D eigenvalue weighted by molar-refractivity contribution is 0.390. The van der Waals surface area contributed by atoms with Gasteiger partial charge in [-0.3, -0.25) is 4.79 Å². The molecule has 8 heteroatoms. The molecule has 2 N–H and O–H groups in total. The molecule has 0 fully saturated rings. The lowest BCUT2D eigenvalue weighted by atomic mass is 10.1. The van der Waals surface area contributed by atoms with Gasteiger partial charge in [-0.05, 0) is 62.4 Å². The number of H-pyrrole nitrogens is 1. The van der Waals surface area contributed by atoms with Crippen molar-refractivity contribution in [2.75, 3.05) is 0 Å². The Morgan fingerprint density at radius 2 is 1.80 bits per heavy atom. The van der Waals surface area contributed by atoms with Gasteiger partial charge < -0.3 is 9.51 Å². The first kappa shape index (κ1) is 17.4. The molecule has 0 amide bonds. The fourth-order valence-corrected chi connectivity index (χ4v) is 4.09. The Hall–Kier alpha value is -2.45. The number of hydrogen-bond donors (Lipinski definition) is 2. The van der Waals surface area contributed by atoms with Crippen LogP contribution < -0.4 is 10.3 Å². The van der Waals surface area contributed by atoms with Gasteiger partial charge >= 0.3 is 0 Å². The second kappa shape index (κ2) is 6.12. The molecule has 0 aliphatic rings. The molecule has 25 heavy (non-hydrogen) atoms. The minimum absolute atomic E-state index is 0.0104. The van der Waals surface area contributed by atoms with Crippen molar-refractivity contribution in [3.8, 4) is 0 Å². The van der Waals surface area contributed by atoms with E-state index >= 15 is 0 Å². The number of sulfonamides is 1. The molecule has 7 nitrogen and oxygen atoms in total. The first-order valence-electron chi connectivity index (χ1n) is 7.75. The van der Waals surface area contributed by atoms with Crippen molar-refractivity contribution in [1.29, 1.82) is 0 Å². The van der Waals surface area contributed by atoms with Gasteiger partial charge in [0, 0.05) is 17.6 Å². The SMILES string of the molecule is Cc1cc2cc(CNS(=O)(=O)c3c(C)noc3C)c(=O)[nH]c2cc1C. The number of pyridine rings is 1. The number of aryl methyl sites for hydroxylation is 4. The molecule has 0 atom stereocenters. The minimum Gasteiger partial charge on any atom is -0.360 e. The topological polar surface area (TPSA) is 105 Å². The number of hydrogen-bond acceptors (Lipinski definition) is 5. The molecule has 3 rings (SSSR count). The molecule has 0 unspecified atom stereocenters. The molecule has 132 valence electrons. The van der Waals surface area contributed by atoms with E-state index in [4.69, 9.17) is 4.52 Å². The van der Waals surface area contributed by atoms with Crippen LogP contribution in [0.15, 0.2) is 32.4 Å². The van der Waals surface area contributed by atoms with Crippen LogP contribution in [0, 0.1) is 27.7 Å². The van der Waals surface area contributed by atoms with Gasteiger partial charge in [0.15, 0.2) is 5.76 Å². The van der Waals surface area contributed by atoms with E-state index in [0.29, 0.717) is 5.56 Å². The van der Waals surface area contributed by atoms with E-state index in [1.807, 2.05) is 26.0 Å². The summed E-state index contributed by atoms with van der Waals surface area (Å²) in [6.07, 6.45) is 0. The Bertz CT molecular complexity index is 1110. The van der Waals surface area contributed by atoms with E-state index in [1.54, 1.807) is 13.0 Å². The molecule has 0 bridgehead atoms. The standard InChI is InChI=1S/C17H19N3O4S/c1-9-5-13-7-14(17(21)19-15(13)6-10(9)2)8-18-25(22,23)16-11(3)20-24-12(16)4/h5-7,18H,8H2,1-4H3,(H,19,21). The Labute approximate surface area is 145 Å². The number of benzene rings is 1. The minimum atomic E-state index is -3.82. The highest BCUT2D eigenvalue weighted by Gasteiger charge is 2.24. The van der Waals surface area contributed by atoms with Gasteiger partial charge in [-0.2, -0.15) is 0 Å². The molecule has 0 saturated heterocycles. The number of aromatic amines is 1. The zero-order chi connectivity index (χ0) is 18.4. The summed E-state index contributed by atoms with van der Waals surface area (Å²) in [5.74, 6) is 0.212. The molecule has 0 aliphatic heterocycles. The molecule has 1 aromatic carbocycles. The highest BCUT2D eigenvalue weighted by atomic mass is 32.2. The summed E-state index contributed by atoms with van der Waals surface area (Å²) in [5, 5.41) is 4.51. The second-order valence-electron chi connectivity index (χ2n) is 6.13. The van der Waals surface area contributed by atoms with Crippen LogP contribution in [0.4, 0.5) is 0 Å². The van der Waals surface area contributed by atoms with Crippen molar-refractivity contribution in [1.82, 2.24) is 14.9 Å². The Kier molecular flexibility index (Phi) is 4.26. The number of rotatable bonds is 4. The molecular formula is C17H19N3O4S. The summed E-state index contributed by atoms with van der Waals surface area (Å²) < 4.78 is 32.3. The zero-order valence-electron chi connectivity index (χ0n) is 14.4. The summed E-state index contributed by atoms with van der Waals surface area (Å²) in [6, 6.07) is 5.58. The van der Waals surface area contributed by atoms with Gasteiger partial charge in [-0.15, -0.1) is 0 Å². The van der Waals surface area contributed by atoms with Crippen LogP contribution in [0.1, 0.15) is 28.1 Å². The first-order chi connectivity index (χ1) is 11.7. The maximum absolute atomic E-state index is 12.5. The predicted octanol–water partition coefficient (Wildman–Crippen LogP) is 2.23. The summed E-state index contributed by atoms with van der Waals surface area (Å²) in [7, 11) is -3.82. The van der Waals surface area contributed by atoms with Crippen LogP contribution in [-0.4, -0.2) is 18.6 Å². The molecule has 0 radical (unpaired) electrons. The zero-order valence-corrected chi connectivity index (χ0v) is 15.2. The van der Waals surface area contributed by atoms with Crippen molar-refractivity contribution >= 4 is 20.9 Å². The van der Waals surface area contributed by atoms with Crippen LogP contribution in [-0.2, 0) is 16.6 Å². The van der Waals surface area contributed by atoms with E-state index in [0.717, 1.165) is 22.0 Å². The van der Waals surface area contributed by atoms with E-state index in [2.05, 4.69) is 14.9 Å². The lowest BCUT2D eigenvalue weighted by Gasteiger charge is -2.08. The fourth-order valence-electron chi connectivity index (χ4n) is 2.76. The average molecular weight is 361 g/mol. The third-order valence-electron chi connectivity index (χ3n) is 4.22. The van der Waals surface area contributed by atoms with Gasteiger partial charge in [-0.1, -0.05) is 5.16 Å². The second-order valence-corrected chi connectivity index (χ2v) is 7.83. The molecule has 0 saturated carbocycles. The van der Waals surface area contributed by atoms with Crippen LogP contribution >= 0.6 is 0 Å². The van der Waals surface area contributed by atoms with Crippen LogP contribution in [0.3, 0.4) is 0 Å². The Balaban J connectivity index is 1.94. The van der Waals surface area contributed by atoms with Crippen molar-refractivity contribution in [2.45, 2.75) is 39.1 Å². The van der Waals surface area contributed by atoms with Crippen molar-refractivity contribution in [3.05, 3.63) is 56.7 Å². The number of aromatic nitrogens is 2. The van der Waals surface area contributed by atoms with E-state index in [-0.39, 0.29) is 28.5 Å². The van der Waals surface area contributed by atoms with Gasteiger partial charge in [0.1, 0.15) is 10.6 Å². The third kappa shape index (κ3) is 3.22. The monoisotopic (exact) mass is 361 g/mol. The van der Waals surface area contributed by atoms with E-state index < -0.39 is 10.0 Å². The molecule has 0 aliphatic carbocycles. The smallest absolute Gasteiger partial charge is 0.252 e.